The lowest BCUT2D eigenvalue weighted by Crippen LogP contribution is -2.44. The van der Waals surface area contributed by atoms with E-state index in [1.807, 2.05) is 20.8 Å². The maximum atomic E-state index is 11.9. The molecule has 0 aliphatic rings. The summed E-state index contributed by atoms with van der Waals surface area (Å²) < 4.78 is 0.601. The molecule has 5 heteroatoms. The highest BCUT2D eigenvalue weighted by Crippen LogP contribution is 2.24. The maximum Gasteiger partial charge on any atom is 0.261 e. The fraction of sp³-hybridized carbons (Fsp3) is 0.583. The van der Waals surface area contributed by atoms with Gasteiger partial charge in [-0.3, -0.25) is 4.79 Å². The van der Waals surface area contributed by atoms with Gasteiger partial charge in [0.25, 0.3) is 5.91 Å². The van der Waals surface area contributed by atoms with Crippen molar-refractivity contribution in [1.29, 1.82) is 0 Å². The van der Waals surface area contributed by atoms with Crippen LogP contribution < -0.4 is 5.32 Å². The Balaban J connectivity index is 2.71. The van der Waals surface area contributed by atoms with Crippen LogP contribution in [0.5, 0.6) is 0 Å². The molecule has 1 amide bonds. The SMILES string of the molecule is CC(C)(C)[C@@H](CCO)NC(=O)c1ccc(Cl)s1. The topological polar surface area (TPSA) is 49.3 Å². The second-order valence-corrected chi connectivity index (χ2v) is 6.72. The second kappa shape index (κ2) is 5.85. The van der Waals surface area contributed by atoms with E-state index in [2.05, 4.69) is 5.32 Å². The molecule has 96 valence electrons. The summed E-state index contributed by atoms with van der Waals surface area (Å²) in [5, 5.41) is 12.0. The average molecular weight is 276 g/mol. The quantitative estimate of drug-likeness (QED) is 0.888. The molecule has 17 heavy (non-hydrogen) atoms. The molecule has 0 fully saturated rings. The molecule has 0 saturated carbocycles. The second-order valence-electron chi connectivity index (χ2n) is 5.01. The van der Waals surface area contributed by atoms with Crippen molar-refractivity contribution in [2.75, 3.05) is 6.61 Å². The van der Waals surface area contributed by atoms with Crippen molar-refractivity contribution >= 4 is 28.8 Å². The number of aliphatic hydroxyl groups excluding tert-OH is 1. The number of thiophene rings is 1. The van der Waals surface area contributed by atoms with Crippen molar-refractivity contribution in [3.05, 3.63) is 21.3 Å². The lowest BCUT2D eigenvalue weighted by Gasteiger charge is -2.30. The van der Waals surface area contributed by atoms with Gasteiger partial charge in [-0.25, -0.2) is 0 Å². The molecule has 0 aromatic carbocycles. The molecule has 0 unspecified atom stereocenters. The Labute approximate surface area is 111 Å². The van der Waals surface area contributed by atoms with Crippen LogP contribution in [-0.2, 0) is 0 Å². The van der Waals surface area contributed by atoms with Gasteiger partial charge in [0.1, 0.15) is 0 Å². The van der Waals surface area contributed by atoms with Crippen molar-refractivity contribution in [2.45, 2.75) is 33.2 Å². The predicted molar refractivity (Wildman–Crippen MR) is 71.7 cm³/mol. The highest BCUT2D eigenvalue weighted by atomic mass is 35.5. The van der Waals surface area contributed by atoms with Crippen LogP contribution >= 0.6 is 22.9 Å². The molecular weight excluding hydrogens is 258 g/mol. The maximum absolute atomic E-state index is 11.9. The van der Waals surface area contributed by atoms with E-state index in [0.29, 0.717) is 15.6 Å². The summed E-state index contributed by atoms with van der Waals surface area (Å²) in [4.78, 5) is 12.5. The van der Waals surface area contributed by atoms with Crippen LogP contribution in [0.2, 0.25) is 4.34 Å². The van der Waals surface area contributed by atoms with Crippen molar-refractivity contribution in [3.63, 3.8) is 0 Å². The van der Waals surface area contributed by atoms with Gasteiger partial charge in [0.2, 0.25) is 0 Å². The van der Waals surface area contributed by atoms with E-state index >= 15 is 0 Å². The number of aliphatic hydroxyl groups is 1. The number of nitrogens with one attached hydrogen (secondary N) is 1. The Morgan fingerprint density at radius 3 is 2.59 bits per heavy atom. The fourth-order valence-corrected chi connectivity index (χ4v) is 2.46. The Morgan fingerprint density at radius 2 is 2.18 bits per heavy atom. The third kappa shape index (κ3) is 4.30. The molecule has 3 nitrogen and oxygen atoms in total. The molecule has 1 aromatic heterocycles. The van der Waals surface area contributed by atoms with Gasteiger partial charge in [0.15, 0.2) is 0 Å². The first-order valence-electron chi connectivity index (χ1n) is 5.51. The molecule has 1 aromatic rings. The average Bonchev–Trinajstić information content (AvgIpc) is 2.62. The Bertz CT molecular complexity index is 384. The minimum Gasteiger partial charge on any atom is -0.396 e. The van der Waals surface area contributed by atoms with Gasteiger partial charge in [-0.1, -0.05) is 32.4 Å². The number of rotatable bonds is 4. The largest absolute Gasteiger partial charge is 0.396 e. The molecule has 2 N–H and O–H groups in total. The predicted octanol–water partition coefficient (Wildman–Crippen LogP) is 2.93. The Kier molecular flexibility index (Phi) is 4.98. The third-order valence-corrected chi connectivity index (χ3v) is 3.80. The highest BCUT2D eigenvalue weighted by Gasteiger charge is 2.26. The summed E-state index contributed by atoms with van der Waals surface area (Å²) in [6, 6.07) is 3.36. The van der Waals surface area contributed by atoms with E-state index < -0.39 is 0 Å². The minimum atomic E-state index is -0.129. The van der Waals surface area contributed by atoms with Gasteiger partial charge in [-0.15, -0.1) is 11.3 Å². The normalized spacial score (nSPS) is 13.5. The van der Waals surface area contributed by atoms with Crippen LogP contribution in [0.25, 0.3) is 0 Å². The molecule has 0 bridgehead atoms. The number of halogens is 1. The zero-order valence-electron chi connectivity index (χ0n) is 10.3. The fourth-order valence-electron chi connectivity index (χ4n) is 1.52. The molecule has 1 atom stereocenters. The van der Waals surface area contributed by atoms with Crippen molar-refractivity contribution in [3.8, 4) is 0 Å². The highest BCUT2D eigenvalue weighted by molar-refractivity contribution is 7.17. The van der Waals surface area contributed by atoms with Gasteiger partial charge >= 0.3 is 0 Å². The molecule has 0 radical (unpaired) electrons. The van der Waals surface area contributed by atoms with E-state index in [1.54, 1.807) is 12.1 Å². The van der Waals surface area contributed by atoms with Gasteiger partial charge in [0.05, 0.1) is 9.21 Å². The van der Waals surface area contributed by atoms with Crippen LogP contribution in [0.4, 0.5) is 0 Å². The van der Waals surface area contributed by atoms with Crippen LogP contribution in [0.1, 0.15) is 36.9 Å². The smallest absolute Gasteiger partial charge is 0.261 e. The van der Waals surface area contributed by atoms with Gasteiger partial charge in [-0.05, 0) is 24.0 Å². The first-order chi connectivity index (χ1) is 7.84. The number of carbonyl (C=O) groups is 1. The van der Waals surface area contributed by atoms with Gasteiger partial charge in [-0.2, -0.15) is 0 Å². The molecule has 0 saturated heterocycles. The van der Waals surface area contributed by atoms with Crippen LogP contribution in [0.15, 0.2) is 12.1 Å². The van der Waals surface area contributed by atoms with E-state index in [1.165, 1.54) is 11.3 Å². The minimum absolute atomic E-state index is 0.0547. The van der Waals surface area contributed by atoms with Crippen LogP contribution in [0.3, 0.4) is 0 Å². The Hall–Kier alpha value is -0.580. The standard InChI is InChI=1S/C12H18ClNO2S/c1-12(2,3)9(6-7-15)14-11(16)8-4-5-10(13)17-8/h4-5,9,15H,6-7H2,1-3H3,(H,14,16)/t9-/m1/s1. The summed E-state index contributed by atoms with van der Waals surface area (Å²) >= 11 is 7.05. The van der Waals surface area contributed by atoms with Gasteiger partial charge < -0.3 is 10.4 Å². The lowest BCUT2D eigenvalue weighted by atomic mass is 9.85. The van der Waals surface area contributed by atoms with Crippen LogP contribution in [-0.4, -0.2) is 23.7 Å². The zero-order valence-corrected chi connectivity index (χ0v) is 11.9. The molecular formula is C12H18ClNO2S. The molecule has 0 aliphatic heterocycles. The van der Waals surface area contributed by atoms with Crippen molar-refractivity contribution in [1.82, 2.24) is 5.32 Å². The third-order valence-electron chi connectivity index (χ3n) is 2.57. The van der Waals surface area contributed by atoms with E-state index in [-0.39, 0.29) is 24.0 Å². The zero-order chi connectivity index (χ0) is 13.1. The summed E-state index contributed by atoms with van der Waals surface area (Å²) in [6.07, 6.45) is 0.550. The summed E-state index contributed by atoms with van der Waals surface area (Å²) in [5.74, 6) is -0.129. The molecule has 0 aliphatic carbocycles. The molecule has 0 spiro atoms. The van der Waals surface area contributed by atoms with E-state index in [9.17, 15) is 4.79 Å². The molecule has 1 heterocycles. The first kappa shape index (κ1) is 14.5. The summed E-state index contributed by atoms with van der Waals surface area (Å²) in [6.45, 7) is 6.17. The number of amides is 1. The number of hydrogen-bond donors (Lipinski definition) is 2. The first-order valence-corrected chi connectivity index (χ1v) is 6.71. The molecule has 1 rings (SSSR count). The van der Waals surface area contributed by atoms with E-state index in [0.717, 1.165) is 0 Å². The van der Waals surface area contributed by atoms with Gasteiger partial charge in [0, 0.05) is 12.6 Å². The van der Waals surface area contributed by atoms with E-state index in [4.69, 9.17) is 16.7 Å². The lowest BCUT2D eigenvalue weighted by molar-refractivity contribution is 0.0889. The summed E-state index contributed by atoms with van der Waals surface area (Å²) in [7, 11) is 0. The monoisotopic (exact) mass is 275 g/mol. The summed E-state index contributed by atoms with van der Waals surface area (Å²) in [5.41, 5.74) is -0.0839. The Morgan fingerprint density at radius 1 is 1.53 bits per heavy atom. The van der Waals surface area contributed by atoms with Crippen molar-refractivity contribution in [2.24, 2.45) is 5.41 Å². The number of carbonyl (C=O) groups excluding carboxylic acids is 1. The van der Waals surface area contributed by atoms with Crippen molar-refractivity contribution < 1.29 is 9.90 Å². The number of hydrogen-bond acceptors (Lipinski definition) is 3. The van der Waals surface area contributed by atoms with Crippen LogP contribution in [0, 0.1) is 5.41 Å².